The van der Waals surface area contributed by atoms with Crippen LogP contribution in [0.2, 0.25) is 0 Å². The fraction of sp³-hybridized carbons (Fsp3) is 0.533. The Kier molecular flexibility index (Phi) is 5.25. The van der Waals surface area contributed by atoms with Crippen molar-refractivity contribution in [3.63, 3.8) is 0 Å². The van der Waals surface area contributed by atoms with Crippen molar-refractivity contribution in [2.45, 2.75) is 38.0 Å². The number of hydrogen-bond donors (Lipinski definition) is 0. The van der Waals surface area contributed by atoms with E-state index >= 15 is 0 Å². The van der Waals surface area contributed by atoms with E-state index in [1.54, 1.807) is 17.8 Å². The monoisotopic (exact) mass is 281 g/mol. The molecule has 0 spiro atoms. The summed E-state index contributed by atoms with van der Waals surface area (Å²) in [6.07, 6.45) is 3.78. The fourth-order valence-electron chi connectivity index (χ4n) is 2.33. The van der Waals surface area contributed by atoms with E-state index in [0.29, 0.717) is 6.42 Å². The van der Waals surface area contributed by atoms with E-state index in [4.69, 9.17) is 0 Å². The highest BCUT2D eigenvalue weighted by Crippen LogP contribution is 2.38. The first-order valence-corrected chi connectivity index (χ1v) is 7.93. The molecule has 0 bridgehead atoms. The lowest BCUT2D eigenvalue weighted by Gasteiger charge is -2.24. The van der Waals surface area contributed by atoms with E-state index < -0.39 is 0 Å². The van der Waals surface area contributed by atoms with Gasteiger partial charge in [-0.3, -0.25) is 4.79 Å². The topological polar surface area (TPSA) is 20.3 Å². The van der Waals surface area contributed by atoms with Crippen molar-refractivity contribution in [3.05, 3.63) is 35.6 Å². The van der Waals surface area contributed by atoms with Crippen molar-refractivity contribution >= 4 is 17.7 Å². The van der Waals surface area contributed by atoms with Gasteiger partial charge in [0.2, 0.25) is 5.91 Å². The minimum Gasteiger partial charge on any atom is -0.326 e. The maximum Gasteiger partial charge on any atom is 0.223 e. The van der Waals surface area contributed by atoms with E-state index in [0.717, 1.165) is 37.1 Å². The van der Waals surface area contributed by atoms with E-state index in [9.17, 15) is 9.18 Å². The standard InChI is InChI=1S/C15H20FNOS/c1-2-3-4-8-14(18)17-9-10-19-15(17)12-6-5-7-13(16)11-12/h5-7,11,15H,2-4,8-10H2,1H3/t15-/m1/s1. The van der Waals surface area contributed by atoms with Crippen molar-refractivity contribution in [1.82, 2.24) is 4.90 Å². The Morgan fingerprint density at radius 3 is 3.05 bits per heavy atom. The third-order valence-corrected chi connectivity index (χ3v) is 4.60. The van der Waals surface area contributed by atoms with Gasteiger partial charge in [0.25, 0.3) is 0 Å². The molecule has 2 nitrogen and oxygen atoms in total. The van der Waals surface area contributed by atoms with Crippen LogP contribution in [0.25, 0.3) is 0 Å². The Balaban J connectivity index is 2.02. The maximum atomic E-state index is 13.3. The fourth-order valence-corrected chi connectivity index (χ4v) is 3.60. The van der Waals surface area contributed by atoms with Gasteiger partial charge in [-0.25, -0.2) is 4.39 Å². The zero-order chi connectivity index (χ0) is 13.7. The number of hydrogen-bond acceptors (Lipinski definition) is 2. The smallest absolute Gasteiger partial charge is 0.223 e. The number of halogens is 1. The summed E-state index contributed by atoms with van der Waals surface area (Å²) in [6.45, 7) is 2.91. The summed E-state index contributed by atoms with van der Waals surface area (Å²) in [4.78, 5) is 14.1. The van der Waals surface area contributed by atoms with Crippen molar-refractivity contribution in [1.29, 1.82) is 0 Å². The summed E-state index contributed by atoms with van der Waals surface area (Å²) in [5, 5.41) is -0.00942. The minimum atomic E-state index is -0.233. The molecule has 1 atom stereocenters. The average molecular weight is 281 g/mol. The molecule has 1 aliphatic rings. The van der Waals surface area contributed by atoms with Crippen LogP contribution in [-0.2, 0) is 4.79 Å². The van der Waals surface area contributed by atoms with Gasteiger partial charge in [-0.05, 0) is 24.1 Å². The van der Waals surface area contributed by atoms with E-state index in [-0.39, 0.29) is 17.1 Å². The molecule has 1 aliphatic heterocycles. The van der Waals surface area contributed by atoms with Gasteiger partial charge in [0, 0.05) is 18.7 Å². The highest BCUT2D eigenvalue weighted by molar-refractivity contribution is 7.99. The molecular formula is C15H20FNOS. The van der Waals surface area contributed by atoms with Crippen LogP contribution in [0.1, 0.15) is 43.5 Å². The van der Waals surface area contributed by atoms with Crippen LogP contribution < -0.4 is 0 Å². The Labute approximate surface area is 118 Å². The summed E-state index contributed by atoms with van der Waals surface area (Å²) in [5.41, 5.74) is 0.895. The average Bonchev–Trinajstić information content (AvgIpc) is 2.88. The lowest BCUT2D eigenvalue weighted by atomic mass is 10.1. The number of nitrogens with zero attached hydrogens (tertiary/aromatic N) is 1. The third-order valence-electron chi connectivity index (χ3n) is 3.34. The Bertz CT molecular complexity index is 438. The number of carbonyl (C=O) groups excluding carboxylic acids is 1. The van der Waals surface area contributed by atoms with Crippen LogP contribution in [0.5, 0.6) is 0 Å². The van der Waals surface area contributed by atoms with Gasteiger partial charge in [-0.2, -0.15) is 0 Å². The zero-order valence-electron chi connectivity index (χ0n) is 11.3. The third kappa shape index (κ3) is 3.72. The Morgan fingerprint density at radius 1 is 1.47 bits per heavy atom. The Morgan fingerprint density at radius 2 is 2.32 bits per heavy atom. The predicted octanol–water partition coefficient (Wildman–Crippen LogP) is 3.98. The highest BCUT2D eigenvalue weighted by Gasteiger charge is 2.30. The number of unbranched alkanes of at least 4 members (excludes halogenated alkanes) is 2. The van der Waals surface area contributed by atoms with Crippen LogP contribution in [-0.4, -0.2) is 23.1 Å². The summed E-state index contributed by atoms with van der Waals surface area (Å²) in [7, 11) is 0. The second-order valence-corrected chi connectivity index (χ2v) is 6.01. The SMILES string of the molecule is CCCCCC(=O)N1CCS[C@@H]1c1cccc(F)c1. The Hall–Kier alpha value is -1.03. The quantitative estimate of drug-likeness (QED) is 0.761. The molecule has 1 fully saturated rings. The summed E-state index contributed by atoms with van der Waals surface area (Å²) >= 11 is 1.72. The molecule has 1 aromatic carbocycles. The lowest BCUT2D eigenvalue weighted by molar-refractivity contribution is -0.131. The van der Waals surface area contributed by atoms with Gasteiger partial charge in [0.1, 0.15) is 11.2 Å². The number of amides is 1. The van der Waals surface area contributed by atoms with Crippen molar-refractivity contribution in [2.75, 3.05) is 12.3 Å². The molecule has 19 heavy (non-hydrogen) atoms. The van der Waals surface area contributed by atoms with Crippen LogP contribution in [0.3, 0.4) is 0 Å². The first-order chi connectivity index (χ1) is 9.22. The number of rotatable bonds is 5. The molecule has 1 heterocycles. The van der Waals surface area contributed by atoms with E-state index in [1.807, 2.05) is 11.0 Å². The molecule has 0 aliphatic carbocycles. The largest absolute Gasteiger partial charge is 0.326 e. The molecule has 1 amide bonds. The molecule has 1 aromatic rings. The van der Waals surface area contributed by atoms with Crippen molar-refractivity contribution in [2.24, 2.45) is 0 Å². The number of carbonyl (C=O) groups is 1. The van der Waals surface area contributed by atoms with Crippen LogP contribution in [0, 0.1) is 5.82 Å². The van der Waals surface area contributed by atoms with Gasteiger partial charge in [-0.1, -0.05) is 31.9 Å². The molecule has 104 valence electrons. The van der Waals surface area contributed by atoms with Crippen LogP contribution in [0.4, 0.5) is 4.39 Å². The van der Waals surface area contributed by atoms with Crippen molar-refractivity contribution < 1.29 is 9.18 Å². The zero-order valence-corrected chi connectivity index (χ0v) is 12.1. The second-order valence-electron chi connectivity index (χ2n) is 4.82. The number of thioether (sulfide) groups is 1. The molecule has 1 saturated heterocycles. The molecule has 0 unspecified atom stereocenters. The number of benzene rings is 1. The maximum absolute atomic E-state index is 13.3. The molecule has 0 aromatic heterocycles. The van der Waals surface area contributed by atoms with E-state index in [2.05, 4.69) is 6.92 Å². The van der Waals surface area contributed by atoms with Crippen molar-refractivity contribution in [3.8, 4) is 0 Å². The van der Waals surface area contributed by atoms with Crippen LogP contribution >= 0.6 is 11.8 Å². The van der Waals surface area contributed by atoms with E-state index in [1.165, 1.54) is 12.1 Å². The minimum absolute atomic E-state index is 0.00942. The van der Waals surface area contributed by atoms with Gasteiger partial charge >= 0.3 is 0 Å². The second kappa shape index (κ2) is 6.94. The molecule has 4 heteroatoms. The van der Waals surface area contributed by atoms with Crippen LogP contribution in [0.15, 0.2) is 24.3 Å². The summed E-state index contributed by atoms with van der Waals surface area (Å²) < 4.78 is 13.3. The molecule has 0 saturated carbocycles. The highest BCUT2D eigenvalue weighted by atomic mass is 32.2. The normalized spacial score (nSPS) is 18.8. The summed E-state index contributed by atoms with van der Waals surface area (Å²) in [5.74, 6) is 0.900. The molecular weight excluding hydrogens is 261 g/mol. The predicted molar refractivity (Wildman–Crippen MR) is 77.5 cm³/mol. The first kappa shape index (κ1) is 14.4. The molecule has 0 radical (unpaired) electrons. The van der Waals surface area contributed by atoms with Gasteiger partial charge in [0.15, 0.2) is 0 Å². The molecule has 2 rings (SSSR count). The van der Waals surface area contributed by atoms with Gasteiger partial charge in [-0.15, -0.1) is 11.8 Å². The van der Waals surface area contributed by atoms with Gasteiger partial charge < -0.3 is 4.90 Å². The lowest BCUT2D eigenvalue weighted by Crippen LogP contribution is -2.30. The first-order valence-electron chi connectivity index (χ1n) is 6.89. The molecule has 0 N–H and O–H groups in total. The van der Waals surface area contributed by atoms with Gasteiger partial charge in [0.05, 0.1) is 0 Å². The summed E-state index contributed by atoms with van der Waals surface area (Å²) in [6, 6.07) is 6.59.